The lowest BCUT2D eigenvalue weighted by Gasteiger charge is -2.05. The van der Waals surface area contributed by atoms with Gasteiger partial charge in [-0.25, -0.2) is 9.97 Å². The van der Waals surface area contributed by atoms with E-state index < -0.39 is 0 Å². The van der Waals surface area contributed by atoms with Crippen molar-refractivity contribution in [3.05, 3.63) is 36.4 Å². The number of pyridine rings is 1. The lowest BCUT2D eigenvalue weighted by Crippen LogP contribution is -2.21. The number of nitrogens with one attached hydrogen (secondary N) is 1. The van der Waals surface area contributed by atoms with Crippen molar-refractivity contribution in [2.24, 2.45) is 0 Å². The number of carbonyl (C=O) groups excluding carboxylic acids is 1. The molecule has 0 bridgehead atoms. The molecule has 17 heavy (non-hydrogen) atoms. The number of hydrogen-bond acceptors (Lipinski definition) is 5. The van der Waals surface area contributed by atoms with E-state index in [4.69, 9.17) is 5.73 Å². The lowest BCUT2D eigenvalue weighted by atomic mass is 10.2. The molecule has 6 nitrogen and oxygen atoms in total. The summed E-state index contributed by atoms with van der Waals surface area (Å²) in [6.45, 7) is 0. The Morgan fingerprint density at radius 1 is 1.35 bits per heavy atom. The number of nitrogens with two attached hydrogens (primary N) is 1. The smallest absolute Gasteiger partial charge is 0.273 e. The highest BCUT2D eigenvalue weighted by molar-refractivity contribution is 5.96. The van der Waals surface area contributed by atoms with Crippen LogP contribution in [0.25, 0.3) is 11.3 Å². The predicted octanol–water partition coefficient (Wildman–Crippen LogP) is 0.480. The Kier molecular flexibility index (Phi) is 2.95. The van der Waals surface area contributed by atoms with E-state index in [2.05, 4.69) is 20.3 Å². The van der Waals surface area contributed by atoms with Gasteiger partial charge in [-0.15, -0.1) is 0 Å². The fourth-order valence-corrected chi connectivity index (χ4v) is 1.35. The van der Waals surface area contributed by atoms with Gasteiger partial charge in [0.2, 0.25) is 0 Å². The third-order valence-corrected chi connectivity index (χ3v) is 2.22. The molecule has 6 heteroatoms. The Hall–Kier alpha value is -2.50. The topological polar surface area (TPSA) is 93.8 Å². The van der Waals surface area contributed by atoms with Crippen molar-refractivity contribution >= 4 is 11.7 Å². The first-order valence-electron chi connectivity index (χ1n) is 4.97. The van der Waals surface area contributed by atoms with Crippen LogP contribution in [-0.2, 0) is 0 Å². The summed E-state index contributed by atoms with van der Waals surface area (Å²) in [5.41, 5.74) is 7.14. The summed E-state index contributed by atoms with van der Waals surface area (Å²) in [6, 6.07) is 3.57. The third-order valence-electron chi connectivity index (χ3n) is 2.22. The molecule has 0 unspecified atom stereocenters. The molecule has 0 aliphatic carbocycles. The van der Waals surface area contributed by atoms with Crippen molar-refractivity contribution in [1.82, 2.24) is 20.3 Å². The van der Waals surface area contributed by atoms with Gasteiger partial charge in [-0.05, 0) is 12.1 Å². The second kappa shape index (κ2) is 4.56. The van der Waals surface area contributed by atoms with Crippen LogP contribution in [0.15, 0.2) is 30.7 Å². The highest BCUT2D eigenvalue weighted by Crippen LogP contribution is 2.17. The van der Waals surface area contributed by atoms with Crippen molar-refractivity contribution in [2.45, 2.75) is 0 Å². The highest BCUT2D eigenvalue weighted by atomic mass is 16.1. The van der Waals surface area contributed by atoms with Crippen molar-refractivity contribution in [3.8, 4) is 11.3 Å². The maximum atomic E-state index is 11.5. The van der Waals surface area contributed by atoms with Gasteiger partial charge in [-0.1, -0.05) is 0 Å². The highest BCUT2D eigenvalue weighted by Gasteiger charge is 2.12. The summed E-state index contributed by atoms with van der Waals surface area (Å²) in [5, 5.41) is 2.47. The van der Waals surface area contributed by atoms with Gasteiger partial charge in [0.05, 0.1) is 11.9 Å². The average molecular weight is 229 g/mol. The summed E-state index contributed by atoms with van der Waals surface area (Å²) < 4.78 is 0. The van der Waals surface area contributed by atoms with Crippen LogP contribution in [0.5, 0.6) is 0 Å². The number of nitrogen functional groups attached to an aromatic ring is 1. The Labute approximate surface area is 97.9 Å². The van der Waals surface area contributed by atoms with Crippen molar-refractivity contribution in [2.75, 3.05) is 12.8 Å². The molecule has 0 fully saturated rings. The first-order valence-corrected chi connectivity index (χ1v) is 4.97. The van der Waals surface area contributed by atoms with E-state index in [0.29, 0.717) is 5.69 Å². The zero-order valence-electron chi connectivity index (χ0n) is 9.21. The van der Waals surface area contributed by atoms with E-state index in [0.717, 1.165) is 5.56 Å². The summed E-state index contributed by atoms with van der Waals surface area (Å²) in [4.78, 5) is 23.6. The standard InChI is InChI=1S/C11H11N5O/c1-13-11(17)9-10(12)15-6-8(16-9)7-2-4-14-5-3-7/h2-6H,1H3,(H2,12,15)(H,13,17). The largest absolute Gasteiger partial charge is 0.382 e. The van der Waals surface area contributed by atoms with Gasteiger partial charge in [0.15, 0.2) is 11.5 Å². The molecule has 0 spiro atoms. The minimum atomic E-state index is -0.356. The SMILES string of the molecule is CNC(=O)c1nc(-c2ccncc2)cnc1N. The van der Waals surface area contributed by atoms with Crippen LogP contribution >= 0.6 is 0 Å². The maximum Gasteiger partial charge on any atom is 0.273 e. The second-order valence-corrected chi connectivity index (χ2v) is 3.30. The van der Waals surface area contributed by atoms with Crippen LogP contribution in [0.4, 0.5) is 5.82 Å². The molecule has 2 rings (SSSR count). The Morgan fingerprint density at radius 3 is 2.71 bits per heavy atom. The molecule has 0 atom stereocenters. The molecule has 1 amide bonds. The molecule has 86 valence electrons. The Balaban J connectivity index is 2.48. The van der Waals surface area contributed by atoms with Crippen molar-refractivity contribution < 1.29 is 4.79 Å². The summed E-state index contributed by atoms with van der Waals surface area (Å²) in [6.07, 6.45) is 4.82. The van der Waals surface area contributed by atoms with Gasteiger partial charge in [0, 0.05) is 25.0 Å². The van der Waals surface area contributed by atoms with Crippen LogP contribution in [0, 0.1) is 0 Å². The van der Waals surface area contributed by atoms with E-state index in [1.165, 1.54) is 13.2 Å². The van der Waals surface area contributed by atoms with Gasteiger partial charge in [0.25, 0.3) is 5.91 Å². The number of aromatic nitrogens is 3. The van der Waals surface area contributed by atoms with Crippen LogP contribution in [0.1, 0.15) is 10.5 Å². The Morgan fingerprint density at radius 2 is 2.06 bits per heavy atom. The number of carbonyl (C=O) groups is 1. The van der Waals surface area contributed by atoms with Gasteiger partial charge < -0.3 is 11.1 Å². The quantitative estimate of drug-likeness (QED) is 0.781. The molecular weight excluding hydrogens is 218 g/mol. The molecular formula is C11H11N5O. The van der Waals surface area contributed by atoms with Crippen LogP contribution in [0.3, 0.4) is 0 Å². The van der Waals surface area contributed by atoms with Crippen LogP contribution in [-0.4, -0.2) is 27.9 Å². The normalized spacial score (nSPS) is 9.94. The third kappa shape index (κ3) is 2.20. The summed E-state index contributed by atoms with van der Waals surface area (Å²) in [7, 11) is 1.52. The van der Waals surface area contributed by atoms with Crippen molar-refractivity contribution in [1.29, 1.82) is 0 Å². The van der Waals surface area contributed by atoms with Crippen molar-refractivity contribution in [3.63, 3.8) is 0 Å². The van der Waals surface area contributed by atoms with Gasteiger partial charge in [-0.2, -0.15) is 0 Å². The van der Waals surface area contributed by atoms with E-state index in [1.54, 1.807) is 24.5 Å². The minimum Gasteiger partial charge on any atom is -0.382 e. The lowest BCUT2D eigenvalue weighted by molar-refractivity contribution is 0.0959. The summed E-state index contributed by atoms with van der Waals surface area (Å²) in [5.74, 6) is -0.243. The number of anilines is 1. The monoisotopic (exact) mass is 229 g/mol. The molecule has 0 aliphatic heterocycles. The zero-order valence-corrected chi connectivity index (χ0v) is 9.21. The minimum absolute atomic E-state index is 0.113. The van der Waals surface area contributed by atoms with Gasteiger partial charge in [0.1, 0.15) is 0 Å². The van der Waals surface area contributed by atoms with Gasteiger partial charge in [-0.3, -0.25) is 9.78 Å². The predicted molar refractivity (Wildman–Crippen MR) is 63.1 cm³/mol. The molecule has 2 aromatic heterocycles. The fraction of sp³-hybridized carbons (Fsp3) is 0.0909. The molecule has 2 aromatic rings. The second-order valence-electron chi connectivity index (χ2n) is 3.30. The summed E-state index contributed by atoms with van der Waals surface area (Å²) >= 11 is 0. The van der Waals surface area contributed by atoms with Crippen LogP contribution in [0.2, 0.25) is 0 Å². The zero-order chi connectivity index (χ0) is 12.3. The molecule has 3 N–H and O–H groups in total. The van der Waals surface area contributed by atoms with E-state index in [-0.39, 0.29) is 17.4 Å². The first kappa shape index (κ1) is 11.0. The molecule has 2 heterocycles. The first-order chi connectivity index (χ1) is 8.22. The molecule has 0 saturated heterocycles. The average Bonchev–Trinajstić information content (AvgIpc) is 2.39. The fourth-order valence-electron chi connectivity index (χ4n) is 1.35. The van der Waals surface area contributed by atoms with E-state index in [9.17, 15) is 4.79 Å². The maximum absolute atomic E-state index is 11.5. The number of amides is 1. The molecule has 0 aliphatic rings. The van der Waals surface area contributed by atoms with Gasteiger partial charge >= 0.3 is 0 Å². The number of hydrogen-bond donors (Lipinski definition) is 2. The molecule has 0 saturated carbocycles. The molecule has 0 radical (unpaired) electrons. The number of nitrogens with zero attached hydrogens (tertiary/aromatic N) is 3. The molecule has 0 aromatic carbocycles. The number of rotatable bonds is 2. The van der Waals surface area contributed by atoms with E-state index in [1.807, 2.05) is 0 Å². The van der Waals surface area contributed by atoms with Crippen LogP contribution < -0.4 is 11.1 Å². The van der Waals surface area contributed by atoms with E-state index >= 15 is 0 Å². The Bertz CT molecular complexity index is 541.